The summed E-state index contributed by atoms with van der Waals surface area (Å²) in [7, 11) is 0. The van der Waals surface area contributed by atoms with Crippen LogP contribution in [0.1, 0.15) is 36.1 Å². The largest absolute Gasteiger partial charge is 0.368 e. The van der Waals surface area contributed by atoms with Crippen molar-refractivity contribution in [3.63, 3.8) is 0 Å². The highest BCUT2D eigenvalue weighted by Crippen LogP contribution is 2.43. The average molecular weight is 523 g/mol. The minimum atomic E-state index is -0.851. The zero-order valence-corrected chi connectivity index (χ0v) is 22.3. The fourth-order valence-corrected chi connectivity index (χ4v) is 5.62. The maximum absolute atomic E-state index is 7.06. The van der Waals surface area contributed by atoms with Crippen molar-refractivity contribution in [2.24, 2.45) is 0 Å². The molecule has 0 aromatic heterocycles. The van der Waals surface area contributed by atoms with Crippen molar-refractivity contribution >= 4 is 0 Å². The van der Waals surface area contributed by atoms with Crippen LogP contribution in [-0.4, -0.2) is 37.0 Å². The lowest BCUT2D eigenvalue weighted by Crippen LogP contribution is -2.42. The Morgan fingerprint density at radius 1 is 0.667 bits per heavy atom. The molecular formula is C34H34O5. The Hall–Kier alpha value is -3.32. The van der Waals surface area contributed by atoms with Crippen LogP contribution in [0.15, 0.2) is 121 Å². The van der Waals surface area contributed by atoms with Crippen molar-refractivity contribution in [2.45, 2.75) is 56.4 Å². The van der Waals surface area contributed by atoms with Gasteiger partial charge in [-0.3, -0.25) is 0 Å². The van der Waals surface area contributed by atoms with Gasteiger partial charge in [-0.2, -0.15) is 0 Å². The number of ether oxygens (including phenoxy) is 5. The molecule has 5 nitrogen and oxygen atoms in total. The Bertz CT molecular complexity index is 1230. The number of fused-ring (bicyclic) bond motifs is 1. The van der Waals surface area contributed by atoms with E-state index in [2.05, 4.69) is 48.5 Å². The summed E-state index contributed by atoms with van der Waals surface area (Å²) in [6, 6.07) is 41.2. The lowest BCUT2D eigenvalue weighted by Gasteiger charge is -2.37. The van der Waals surface area contributed by atoms with Crippen molar-refractivity contribution < 1.29 is 23.7 Å². The SMILES string of the molecule is CC1(C)OC2O[C@H](COC(c3ccccc3)(c3ccccc3)c3ccccc3)[C@H](OCc3ccccc3)[C@H]2O1. The van der Waals surface area contributed by atoms with E-state index in [4.69, 9.17) is 23.7 Å². The van der Waals surface area contributed by atoms with Gasteiger partial charge in [-0.25, -0.2) is 0 Å². The summed E-state index contributed by atoms with van der Waals surface area (Å²) in [5.41, 5.74) is 3.35. The van der Waals surface area contributed by atoms with Crippen molar-refractivity contribution in [1.29, 1.82) is 0 Å². The van der Waals surface area contributed by atoms with Gasteiger partial charge in [0.05, 0.1) is 13.2 Å². The van der Waals surface area contributed by atoms with E-state index in [1.54, 1.807) is 0 Å². The van der Waals surface area contributed by atoms with Crippen molar-refractivity contribution in [2.75, 3.05) is 6.61 Å². The summed E-state index contributed by atoms with van der Waals surface area (Å²) in [6.07, 6.45) is -1.63. The summed E-state index contributed by atoms with van der Waals surface area (Å²) in [6.45, 7) is 4.53. The van der Waals surface area contributed by atoms with Gasteiger partial charge in [0.25, 0.3) is 0 Å². The monoisotopic (exact) mass is 522 g/mol. The molecule has 0 radical (unpaired) electrons. The molecule has 0 aliphatic carbocycles. The molecule has 4 aromatic rings. The van der Waals surface area contributed by atoms with Gasteiger partial charge >= 0.3 is 0 Å². The summed E-state index contributed by atoms with van der Waals surface area (Å²) >= 11 is 0. The second kappa shape index (κ2) is 11.0. The van der Waals surface area contributed by atoms with Gasteiger partial charge in [0.15, 0.2) is 12.1 Å². The third-order valence-corrected chi connectivity index (χ3v) is 7.38. The van der Waals surface area contributed by atoms with E-state index in [1.165, 1.54) is 0 Å². The molecule has 0 spiro atoms. The fraction of sp³-hybridized carbons (Fsp3) is 0.294. The summed E-state index contributed by atoms with van der Waals surface area (Å²) in [4.78, 5) is 0. The third kappa shape index (κ3) is 5.29. The zero-order chi connectivity index (χ0) is 26.7. The molecule has 4 aromatic carbocycles. The lowest BCUT2D eigenvalue weighted by molar-refractivity contribution is -0.227. The van der Waals surface area contributed by atoms with E-state index in [-0.39, 0.29) is 18.8 Å². The molecule has 2 saturated heterocycles. The predicted octanol–water partition coefficient (Wildman–Crippen LogP) is 6.46. The Labute approximate surface area is 230 Å². The maximum atomic E-state index is 7.06. The quantitative estimate of drug-likeness (QED) is 0.236. The molecule has 39 heavy (non-hydrogen) atoms. The molecule has 2 aliphatic heterocycles. The molecule has 1 unspecified atom stereocenters. The Balaban J connectivity index is 1.34. The molecule has 2 heterocycles. The zero-order valence-electron chi connectivity index (χ0n) is 22.3. The standard InChI is InChI=1S/C34H34O5/c1-33(2)38-31-30(35-23-25-15-7-3-8-16-25)29(37-32(31)39-33)24-36-34(26-17-9-4-10-18-26,27-19-11-5-12-20-27)28-21-13-6-14-22-28/h3-22,29-32H,23-24H2,1-2H3/t29-,30+,31-,32?/m1/s1. The van der Waals surface area contributed by atoms with Crippen molar-refractivity contribution in [3.8, 4) is 0 Å². The van der Waals surface area contributed by atoms with E-state index in [9.17, 15) is 0 Å². The molecule has 0 bridgehead atoms. The van der Waals surface area contributed by atoms with E-state index >= 15 is 0 Å². The molecule has 0 N–H and O–H groups in total. The van der Waals surface area contributed by atoms with Crippen molar-refractivity contribution in [3.05, 3.63) is 144 Å². The van der Waals surface area contributed by atoms with Crippen LogP contribution < -0.4 is 0 Å². The molecule has 4 atom stereocenters. The van der Waals surface area contributed by atoms with Crippen LogP contribution in [0.3, 0.4) is 0 Å². The molecule has 200 valence electrons. The third-order valence-electron chi connectivity index (χ3n) is 7.38. The van der Waals surface area contributed by atoms with E-state index in [0.717, 1.165) is 22.3 Å². The second-order valence-corrected chi connectivity index (χ2v) is 10.5. The first kappa shape index (κ1) is 25.9. The van der Waals surface area contributed by atoms with Crippen molar-refractivity contribution in [1.82, 2.24) is 0 Å². The predicted molar refractivity (Wildman–Crippen MR) is 149 cm³/mol. The first-order valence-corrected chi connectivity index (χ1v) is 13.5. The average Bonchev–Trinajstić information content (AvgIpc) is 3.45. The molecule has 0 saturated carbocycles. The van der Waals surface area contributed by atoms with Crippen LogP contribution in [0.4, 0.5) is 0 Å². The smallest absolute Gasteiger partial charge is 0.190 e. The molecule has 2 fully saturated rings. The highest BCUT2D eigenvalue weighted by molar-refractivity contribution is 5.47. The molecule has 6 rings (SSSR count). The highest BCUT2D eigenvalue weighted by atomic mass is 16.8. The first-order chi connectivity index (χ1) is 19.1. The highest BCUT2D eigenvalue weighted by Gasteiger charge is 2.56. The van der Waals surface area contributed by atoms with Gasteiger partial charge in [0.2, 0.25) is 0 Å². The number of rotatable bonds is 9. The summed E-state index contributed by atoms with van der Waals surface area (Å²) in [5, 5.41) is 0. The minimum absolute atomic E-state index is 0.276. The first-order valence-electron chi connectivity index (χ1n) is 13.5. The molecule has 5 heteroatoms. The Kier molecular flexibility index (Phi) is 7.34. The Morgan fingerprint density at radius 3 is 1.67 bits per heavy atom. The Morgan fingerprint density at radius 2 is 1.15 bits per heavy atom. The van der Waals surface area contributed by atoms with Gasteiger partial charge in [-0.1, -0.05) is 121 Å². The van der Waals surface area contributed by atoms with Crippen LogP contribution in [0.25, 0.3) is 0 Å². The van der Waals surface area contributed by atoms with Crippen LogP contribution in [0.5, 0.6) is 0 Å². The van der Waals surface area contributed by atoms with E-state index in [1.807, 2.05) is 86.6 Å². The summed E-state index contributed by atoms with van der Waals surface area (Å²) in [5.74, 6) is -0.739. The molecule has 2 aliphatic rings. The summed E-state index contributed by atoms with van der Waals surface area (Å²) < 4.78 is 32.3. The van der Waals surface area contributed by atoms with Gasteiger partial charge in [-0.05, 0) is 36.1 Å². The van der Waals surface area contributed by atoms with Gasteiger partial charge in [0, 0.05) is 0 Å². The number of hydrogen-bond donors (Lipinski definition) is 0. The lowest BCUT2D eigenvalue weighted by atomic mass is 9.80. The van der Waals surface area contributed by atoms with Gasteiger partial charge in [-0.15, -0.1) is 0 Å². The van der Waals surface area contributed by atoms with Crippen LogP contribution >= 0.6 is 0 Å². The molecule has 0 amide bonds. The van der Waals surface area contributed by atoms with E-state index < -0.39 is 23.8 Å². The number of benzene rings is 4. The minimum Gasteiger partial charge on any atom is -0.368 e. The number of hydrogen-bond acceptors (Lipinski definition) is 5. The van der Waals surface area contributed by atoms with Crippen LogP contribution in [-0.2, 0) is 35.9 Å². The normalized spacial score (nSPS) is 23.9. The van der Waals surface area contributed by atoms with Crippen LogP contribution in [0, 0.1) is 0 Å². The van der Waals surface area contributed by atoms with E-state index in [0.29, 0.717) is 6.61 Å². The van der Waals surface area contributed by atoms with Crippen LogP contribution in [0.2, 0.25) is 0 Å². The fourth-order valence-electron chi connectivity index (χ4n) is 5.62. The molecular weight excluding hydrogens is 488 g/mol. The second-order valence-electron chi connectivity index (χ2n) is 10.5. The topological polar surface area (TPSA) is 46.2 Å². The maximum Gasteiger partial charge on any atom is 0.190 e. The van der Waals surface area contributed by atoms with Gasteiger partial charge < -0.3 is 23.7 Å². The van der Waals surface area contributed by atoms with Gasteiger partial charge in [0.1, 0.15) is 23.9 Å².